The molecule has 0 saturated carbocycles. The van der Waals surface area contributed by atoms with Gasteiger partial charge >= 0.3 is 0 Å². The van der Waals surface area contributed by atoms with E-state index in [4.69, 9.17) is 10.2 Å². The minimum Gasteiger partial charge on any atom is -0.472 e. The summed E-state index contributed by atoms with van der Waals surface area (Å²) in [6.07, 6.45) is 7.00. The molecule has 1 heterocycles. The molecule has 2 N–H and O–H groups in total. The highest BCUT2D eigenvalue weighted by Crippen LogP contribution is 2.28. The van der Waals surface area contributed by atoms with Crippen LogP contribution in [-0.4, -0.2) is 24.0 Å². The van der Waals surface area contributed by atoms with Crippen molar-refractivity contribution >= 4 is 0 Å². The average Bonchev–Trinajstić information content (AvgIpc) is 2.88. The first-order chi connectivity index (χ1) is 8.57. The van der Waals surface area contributed by atoms with Crippen LogP contribution in [-0.2, 0) is 6.54 Å². The van der Waals surface area contributed by atoms with E-state index >= 15 is 0 Å². The van der Waals surface area contributed by atoms with E-state index in [9.17, 15) is 0 Å². The Balaban J connectivity index is 2.75. The van der Waals surface area contributed by atoms with E-state index in [-0.39, 0.29) is 5.54 Å². The summed E-state index contributed by atoms with van der Waals surface area (Å²) in [7, 11) is 2.17. The first-order valence-electron chi connectivity index (χ1n) is 7.00. The second-order valence-electron chi connectivity index (χ2n) is 5.49. The molecule has 0 bridgehead atoms. The molecule has 0 aliphatic carbocycles. The minimum absolute atomic E-state index is 0.104. The molecule has 0 aliphatic heterocycles. The van der Waals surface area contributed by atoms with Gasteiger partial charge in [0.05, 0.1) is 12.5 Å². The fourth-order valence-corrected chi connectivity index (χ4v) is 2.57. The van der Waals surface area contributed by atoms with Crippen LogP contribution in [0.1, 0.15) is 45.6 Å². The third-order valence-corrected chi connectivity index (χ3v) is 4.27. The zero-order valence-electron chi connectivity index (χ0n) is 12.3. The first-order valence-corrected chi connectivity index (χ1v) is 7.00. The van der Waals surface area contributed by atoms with Gasteiger partial charge in [-0.25, -0.2) is 0 Å². The Morgan fingerprint density at radius 1 is 1.44 bits per heavy atom. The van der Waals surface area contributed by atoms with Gasteiger partial charge in [-0.2, -0.15) is 0 Å². The van der Waals surface area contributed by atoms with Gasteiger partial charge in [0.25, 0.3) is 0 Å². The predicted molar refractivity (Wildman–Crippen MR) is 76.3 cm³/mol. The highest BCUT2D eigenvalue weighted by Gasteiger charge is 2.32. The maximum Gasteiger partial charge on any atom is 0.0947 e. The summed E-state index contributed by atoms with van der Waals surface area (Å²) in [6, 6.07) is 2.02. The van der Waals surface area contributed by atoms with E-state index in [1.54, 1.807) is 6.26 Å². The molecule has 0 fully saturated rings. The normalized spacial score (nSPS) is 16.8. The molecule has 104 valence electrons. The zero-order chi connectivity index (χ0) is 13.6. The van der Waals surface area contributed by atoms with E-state index < -0.39 is 0 Å². The summed E-state index contributed by atoms with van der Waals surface area (Å²) >= 11 is 0. The van der Waals surface area contributed by atoms with Gasteiger partial charge in [0.1, 0.15) is 0 Å². The zero-order valence-corrected chi connectivity index (χ0v) is 12.3. The van der Waals surface area contributed by atoms with Gasteiger partial charge in [0.15, 0.2) is 0 Å². The highest BCUT2D eigenvalue weighted by atomic mass is 16.3. The molecule has 0 spiro atoms. The van der Waals surface area contributed by atoms with Crippen molar-refractivity contribution in [2.75, 3.05) is 13.6 Å². The van der Waals surface area contributed by atoms with Crippen LogP contribution in [0, 0.1) is 5.92 Å². The van der Waals surface area contributed by atoms with E-state index in [0.29, 0.717) is 12.5 Å². The summed E-state index contributed by atoms with van der Waals surface area (Å²) in [5.74, 6) is 0.709. The summed E-state index contributed by atoms with van der Waals surface area (Å²) in [5, 5.41) is 0. The number of nitrogens with two attached hydrogens (primary N) is 1. The molecule has 3 nitrogen and oxygen atoms in total. The predicted octanol–water partition coefficient (Wildman–Crippen LogP) is 3.26. The molecule has 1 rings (SSSR count). The van der Waals surface area contributed by atoms with E-state index in [1.165, 1.54) is 12.0 Å². The molecular formula is C15H28N2O. The van der Waals surface area contributed by atoms with Crippen LogP contribution in [0.3, 0.4) is 0 Å². The Morgan fingerprint density at radius 3 is 2.61 bits per heavy atom. The Morgan fingerprint density at radius 2 is 2.17 bits per heavy atom. The topological polar surface area (TPSA) is 42.4 Å². The lowest BCUT2D eigenvalue weighted by Crippen LogP contribution is -2.52. The van der Waals surface area contributed by atoms with Crippen molar-refractivity contribution in [1.29, 1.82) is 0 Å². The van der Waals surface area contributed by atoms with Gasteiger partial charge < -0.3 is 10.2 Å². The van der Waals surface area contributed by atoms with Gasteiger partial charge in [-0.1, -0.05) is 27.2 Å². The maximum atomic E-state index is 6.09. The lowest BCUT2D eigenvalue weighted by atomic mass is 9.83. The molecule has 0 radical (unpaired) electrons. The Bertz CT molecular complexity index is 317. The quantitative estimate of drug-likeness (QED) is 0.772. The first kappa shape index (κ1) is 15.3. The molecule has 3 heteroatoms. The van der Waals surface area contributed by atoms with Crippen LogP contribution >= 0.6 is 0 Å². The Kier molecular flexibility index (Phi) is 5.89. The largest absolute Gasteiger partial charge is 0.472 e. The van der Waals surface area contributed by atoms with E-state index in [2.05, 4.69) is 32.7 Å². The highest BCUT2D eigenvalue weighted by molar-refractivity contribution is 5.06. The lowest BCUT2D eigenvalue weighted by molar-refractivity contribution is 0.0853. The summed E-state index contributed by atoms with van der Waals surface area (Å²) < 4.78 is 5.14. The summed E-state index contributed by atoms with van der Waals surface area (Å²) in [5.41, 5.74) is 7.41. The molecule has 18 heavy (non-hydrogen) atoms. The third kappa shape index (κ3) is 3.59. The van der Waals surface area contributed by atoms with Crippen molar-refractivity contribution in [2.24, 2.45) is 11.7 Å². The Labute approximate surface area is 111 Å². The second-order valence-corrected chi connectivity index (χ2v) is 5.49. The van der Waals surface area contributed by atoms with Crippen molar-refractivity contribution < 1.29 is 4.42 Å². The number of likely N-dealkylation sites (N-methyl/N-ethyl adjacent to an activating group) is 1. The van der Waals surface area contributed by atoms with E-state index in [0.717, 1.165) is 19.4 Å². The van der Waals surface area contributed by atoms with Crippen molar-refractivity contribution in [3.8, 4) is 0 Å². The van der Waals surface area contributed by atoms with E-state index in [1.807, 2.05) is 12.3 Å². The number of nitrogens with zero attached hydrogens (tertiary/aromatic N) is 1. The van der Waals surface area contributed by atoms with Gasteiger partial charge in [-0.15, -0.1) is 0 Å². The SMILES string of the molecule is CCC(C)CC(CC)(CN)N(C)Cc1ccoc1. The second kappa shape index (κ2) is 6.95. The van der Waals surface area contributed by atoms with Gasteiger partial charge in [-0.05, 0) is 31.9 Å². The average molecular weight is 252 g/mol. The molecule has 0 aromatic carbocycles. The van der Waals surface area contributed by atoms with Crippen LogP contribution in [0.4, 0.5) is 0 Å². The molecule has 1 aromatic heterocycles. The standard InChI is InChI=1S/C15H28N2O/c1-5-13(3)9-15(6-2,12-16)17(4)10-14-7-8-18-11-14/h7-8,11,13H,5-6,9-10,12,16H2,1-4H3. The molecule has 1 aromatic rings. The van der Waals surface area contributed by atoms with Gasteiger partial charge in [-0.3, -0.25) is 4.90 Å². The van der Waals surface area contributed by atoms with Crippen LogP contribution in [0.25, 0.3) is 0 Å². The molecule has 0 aliphatic rings. The Hall–Kier alpha value is -0.800. The summed E-state index contributed by atoms with van der Waals surface area (Å²) in [4.78, 5) is 2.39. The van der Waals surface area contributed by atoms with Crippen molar-refractivity contribution in [3.05, 3.63) is 24.2 Å². The van der Waals surface area contributed by atoms with Gasteiger partial charge in [0.2, 0.25) is 0 Å². The number of hydrogen-bond acceptors (Lipinski definition) is 3. The summed E-state index contributed by atoms with van der Waals surface area (Å²) in [6.45, 7) is 8.41. The maximum absolute atomic E-state index is 6.09. The number of furan rings is 1. The smallest absolute Gasteiger partial charge is 0.0947 e. The van der Waals surface area contributed by atoms with Crippen molar-refractivity contribution in [1.82, 2.24) is 4.90 Å². The van der Waals surface area contributed by atoms with Gasteiger partial charge in [0, 0.05) is 24.2 Å². The monoisotopic (exact) mass is 252 g/mol. The minimum atomic E-state index is 0.104. The van der Waals surface area contributed by atoms with Crippen molar-refractivity contribution in [2.45, 2.75) is 52.1 Å². The third-order valence-electron chi connectivity index (χ3n) is 4.27. The molecular weight excluding hydrogens is 224 g/mol. The van der Waals surface area contributed by atoms with Crippen molar-refractivity contribution in [3.63, 3.8) is 0 Å². The fraction of sp³-hybridized carbons (Fsp3) is 0.733. The van der Waals surface area contributed by atoms with Crippen LogP contribution in [0.2, 0.25) is 0 Å². The number of rotatable bonds is 8. The molecule has 0 amide bonds. The van der Waals surface area contributed by atoms with Crippen LogP contribution in [0.15, 0.2) is 23.0 Å². The fourth-order valence-electron chi connectivity index (χ4n) is 2.57. The number of hydrogen-bond donors (Lipinski definition) is 1. The lowest BCUT2D eigenvalue weighted by Gasteiger charge is -2.42. The molecule has 0 saturated heterocycles. The molecule has 2 unspecified atom stereocenters. The molecule has 2 atom stereocenters. The van der Waals surface area contributed by atoms with Crippen LogP contribution < -0.4 is 5.73 Å². The van der Waals surface area contributed by atoms with Crippen LogP contribution in [0.5, 0.6) is 0 Å².